The second-order valence-electron chi connectivity index (χ2n) is 7.44. The van der Waals surface area contributed by atoms with Crippen molar-refractivity contribution in [3.63, 3.8) is 0 Å². The molecule has 0 spiro atoms. The van der Waals surface area contributed by atoms with E-state index >= 15 is 0 Å². The summed E-state index contributed by atoms with van der Waals surface area (Å²) in [5.41, 5.74) is 9.36. The number of hydrogen-bond acceptors (Lipinski definition) is 6. The van der Waals surface area contributed by atoms with Gasteiger partial charge in [0.2, 0.25) is 0 Å². The highest BCUT2D eigenvalue weighted by Gasteiger charge is 2.29. The van der Waals surface area contributed by atoms with E-state index < -0.39 is 0 Å². The highest BCUT2D eigenvalue weighted by Crippen LogP contribution is 2.27. The fraction of sp³-hybridized carbons (Fsp3) is 0.476. The van der Waals surface area contributed by atoms with Crippen LogP contribution in [0.2, 0.25) is 0 Å². The van der Waals surface area contributed by atoms with Crippen LogP contribution in [-0.4, -0.2) is 62.2 Å². The van der Waals surface area contributed by atoms with Gasteiger partial charge in [0.1, 0.15) is 5.75 Å². The number of hydrogen-bond donors (Lipinski definition) is 2. The topological polar surface area (TPSA) is 52.7 Å². The van der Waals surface area contributed by atoms with Crippen LogP contribution in [0, 0.1) is 5.92 Å². The van der Waals surface area contributed by atoms with Crippen LogP contribution in [0.25, 0.3) is 0 Å². The van der Waals surface area contributed by atoms with Crippen LogP contribution in [0.1, 0.15) is 17.2 Å². The molecule has 1 saturated heterocycles. The molecule has 0 bridgehead atoms. The molecule has 0 radical (unpaired) electrons. The Morgan fingerprint density at radius 2 is 1.96 bits per heavy atom. The lowest BCUT2D eigenvalue weighted by atomic mass is 9.94. The maximum Gasteiger partial charge on any atom is 0.118 e. The molecule has 1 aromatic carbocycles. The van der Waals surface area contributed by atoms with Gasteiger partial charge in [-0.15, -0.1) is 0 Å². The summed E-state index contributed by atoms with van der Waals surface area (Å²) in [5, 5.41) is 0. The van der Waals surface area contributed by atoms with Gasteiger partial charge in [0.25, 0.3) is 0 Å². The summed E-state index contributed by atoms with van der Waals surface area (Å²) in [5.74, 6) is 1.39. The minimum absolute atomic E-state index is 0.298. The molecule has 6 heteroatoms. The molecule has 146 valence electrons. The van der Waals surface area contributed by atoms with E-state index in [-0.39, 0.29) is 0 Å². The maximum atomic E-state index is 5.29. The van der Waals surface area contributed by atoms with Gasteiger partial charge in [0, 0.05) is 51.0 Å². The second kappa shape index (κ2) is 9.80. The zero-order chi connectivity index (χ0) is 19.1. The lowest BCUT2D eigenvalue weighted by molar-refractivity contribution is 0.198. The van der Waals surface area contributed by atoms with Crippen molar-refractivity contribution in [2.75, 3.05) is 47.4 Å². The van der Waals surface area contributed by atoms with Crippen molar-refractivity contribution < 1.29 is 4.74 Å². The Morgan fingerprint density at radius 1 is 1.15 bits per heavy atom. The van der Waals surface area contributed by atoms with Gasteiger partial charge in [-0.05, 0) is 43.4 Å². The third-order valence-corrected chi connectivity index (χ3v) is 5.05. The molecule has 2 unspecified atom stereocenters. The molecule has 0 amide bonds. The SMILES string of the molecule is COc1ccc(C2NNCC2CN(CCN(C)C)Cc2cccnc2)cc1. The van der Waals surface area contributed by atoms with Crippen molar-refractivity contribution in [3.8, 4) is 5.75 Å². The van der Waals surface area contributed by atoms with E-state index in [0.29, 0.717) is 12.0 Å². The zero-order valence-electron chi connectivity index (χ0n) is 16.6. The highest BCUT2D eigenvalue weighted by atomic mass is 16.5. The first-order valence-corrected chi connectivity index (χ1v) is 9.54. The third-order valence-electron chi connectivity index (χ3n) is 5.05. The van der Waals surface area contributed by atoms with E-state index in [0.717, 1.165) is 38.5 Å². The quantitative estimate of drug-likeness (QED) is 0.704. The summed E-state index contributed by atoms with van der Waals surface area (Å²) in [6, 6.07) is 12.8. The Bertz CT molecular complexity index is 677. The van der Waals surface area contributed by atoms with E-state index in [9.17, 15) is 0 Å². The molecule has 1 aliphatic heterocycles. The van der Waals surface area contributed by atoms with Gasteiger partial charge in [-0.2, -0.15) is 0 Å². The first-order chi connectivity index (χ1) is 13.2. The van der Waals surface area contributed by atoms with Gasteiger partial charge in [-0.3, -0.25) is 15.3 Å². The van der Waals surface area contributed by atoms with Crippen LogP contribution in [-0.2, 0) is 6.54 Å². The predicted molar refractivity (Wildman–Crippen MR) is 108 cm³/mol. The molecule has 6 nitrogen and oxygen atoms in total. The summed E-state index contributed by atoms with van der Waals surface area (Å²) >= 11 is 0. The molecule has 0 saturated carbocycles. The molecular weight excluding hydrogens is 338 g/mol. The van der Waals surface area contributed by atoms with Gasteiger partial charge in [0.15, 0.2) is 0 Å². The summed E-state index contributed by atoms with van der Waals surface area (Å²) in [6.45, 7) is 4.99. The molecule has 3 rings (SSSR count). The molecule has 2 N–H and O–H groups in total. The summed E-state index contributed by atoms with van der Waals surface area (Å²) in [4.78, 5) is 9.04. The van der Waals surface area contributed by atoms with Crippen molar-refractivity contribution in [1.82, 2.24) is 25.6 Å². The molecule has 1 aromatic heterocycles. The van der Waals surface area contributed by atoms with Crippen molar-refractivity contribution in [2.24, 2.45) is 5.92 Å². The number of benzene rings is 1. The average Bonchev–Trinajstić information content (AvgIpc) is 3.15. The van der Waals surface area contributed by atoms with Gasteiger partial charge >= 0.3 is 0 Å². The number of ether oxygens (including phenoxy) is 1. The van der Waals surface area contributed by atoms with Crippen molar-refractivity contribution in [2.45, 2.75) is 12.6 Å². The van der Waals surface area contributed by atoms with Crippen LogP contribution in [0.15, 0.2) is 48.8 Å². The third kappa shape index (κ3) is 5.74. The smallest absolute Gasteiger partial charge is 0.118 e. The molecular formula is C21H31N5O. The van der Waals surface area contributed by atoms with E-state index in [4.69, 9.17) is 4.74 Å². The van der Waals surface area contributed by atoms with Gasteiger partial charge in [-0.1, -0.05) is 18.2 Å². The Hall–Kier alpha value is -1.99. The van der Waals surface area contributed by atoms with Crippen LogP contribution >= 0.6 is 0 Å². The number of pyridine rings is 1. The van der Waals surface area contributed by atoms with E-state index in [2.05, 4.69) is 57.9 Å². The summed E-state index contributed by atoms with van der Waals surface area (Å²) in [6.07, 6.45) is 3.80. The molecule has 27 heavy (non-hydrogen) atoms. The van der Waals surface area contributed by atoms with Crippen LogP contribution in [0.3, 0.4) is 0 Å². The van der Waals surface area contributed by atoms with Crippen molar-refractivity contribution in [3.05, 3.63) is 59.9 Å². The number of nitrogens with one attached hydrogen (secondary N) is 2. The minimum atomic E-state index is 0.298. The second-order valence-corrected chi connectivity index (χ2v) is 7.44. The van der Waals surface area contributed by atoms with E-state index in [1.165, 1.54) is 11.1 Å². The number of rotatable bonds is 9. The Morgan fingerprint density at radius 3 is 2.63 bits per heavy atom. The Labute approximate surface area is 162 Å². The first-order valence-electron chi connectivity index (χ1n) is 9.54. The molecule has 1 aliphatic rings. The Balaban J connectivity index is 1.68. The maximum absolute atomic E-state index is 5.29. The monoisotopic (exact) mass is 369 g/mol. The van der Waals surface area contributed by atoms with Gasteiger partial charge in [0.05, 0.1) is 13.2 Å². The summed E-state index contributed by atoms with van der Waals surface area (Å²) < 4.78 is 5.29. The van der Waals surface area contributed by atoms with Crippen LogP contribution in [0.5, 0.6) is 5.75 Å². The predicted octanol–water partition coefficient (Wildman–Crippen LogP) is 1.92. The van der Waals surface area contributed by atoms with E-state index in [1.807, 2.05) is 30.6 Å². The zero-order valence-corrected chi connectivity index (χ0v) is 16.6. The number of methoxy groups -OCH3 is 1. The fourth-order valence-electron chi connectivity index (χ4n) is 3.53. The van der Waals surface area contributed by atoms with E-state index in [1.54, 1.807) is 7.11 Å². The van der Waals surface area contributed by atoms with Crippen molar-refractivity contribution in [1.29, 1.82) is 0 Å². The van der Waals surface area contributed by atoms with Crippen LogP contribution in [0.4, 0.5) is 0 Å². The minimum Gasteiger partial charge on any atom is -0.497 e. The molecule has 1 fully saturated rings. The number of likely N-dealkylation sites (N-methyl/N-ethyl adjacent to an activating group) is 1. The number of nitrogens with zero attached hydrogens (tertiary/aromatic N) is 3. The molecule has 0 aliphatic carbocycles. The van der Waals surface area contributed by atoms with Crippen molar-refractivity contribution >= 4 is 0 Å². The average molecular weight is 370 g/mol. The summed E-state index contributed by atoms with van der Waals surface area (Å²) in [7, 11) is 5.95. The number of aromatic nitrogens is 1. The Kier molecular flexibility index (Phi) is 7.18. The van der Waals surface area contributed by atoms with Crippen LogP contribution < -0.4 is 15.6 Å². The number of hydrazine groups is 1. The largest absolute Gasteiger partial charge is 0.497 e. The standard InChI is InChI=1S/C21H31N5O/c1-25(2)11-12-26(15-17-5-4-10-22-13-17)16-19-14-23-24-21(19)18-6-8-20(27-3)9-7-18/h4-10,13,19,21,23-24H,11-12,14-16H2,1-3H3. The lowest BCUT2D eigenvalue weighted by Gasteiger charge is -2.29. The molecule has 2 aromatic rings. The van der Waals surface area contributed by atoms with Gasteiger partial charge < -0.3 is 9.64 Å². The molecule has 2 heterocycles. The normalized spacial score (nSPS) is 19.7. The first kappa shape index (κ1) is 19.8. The fourth-order valence-corrected chi connectivity index (χ4v) is 3.53. The highest BCUT2D eigenvalue weighted by molar-refractivity contribution is 5.30. The molecule has 2 atom stereocenters. The lowest BCUT2D eigenvalue weighted by Crippen LogP contribution is -2.37. The van der Waals surface area contributed by atoms with Gasteiger partial charge in [-0.25, -0.2) is 5.43 Å².